The number of aryl methyl sites for hydroxylation is 1. The molecule has 1 aliphatic rings. The number of hydrogen-bond acceptors (Lipinski definition) is 6. The monoisotopic (exact) mass is 448 g/mol. The molecule has 1 atom stereocenters. The van der Waals surface area contributed by atoms with Gasteiger partial charge >= 0.3 is 0 Å². The smallest absolute Gasteiger partial charge is 0.243 e. The minimum Gasteiger partial charge on any atom is -0.357 e. The molecule has 4 aromatic rings. The first-order valence-corrected chi connectivity index (χ1v) is 11.2. The Balaban J connectivity index is 1.31. The summed E-state index contributed by atoms with van der Waals surface area (Å²) in [6, 6.07) is 12.1. The van der Waals surface area contributed by atoms with E-state index in [0.29, 0.717) is 48.2 Å². The molecule has 9 heteroatoms. The van der Waals surface area contributed by atoms with E-state index >= 15 is 4.39 Å². The van der Waals surface area contributed by atoms with Gasteiger partial charge in [0.1, 0.15) is 17.7 Å². The van der Waals surface area contributed by atoms with Crippen LogP contribution in [-0.2, 0) is 17.8 Å². The van der Waals surface area contributed by atoms with Crippen LogP contribution in [0.5, 0.6) is 0 Å². The van der Waals surface area contributed by atoms with Crippen molar-refractivity contribution in [2.24, 2.45) is 0 Å². The summed E-state index contributed by atoms with van der Waals surface area (Å²) in [4.78, 5) is 26.9. The fraction of sp³-hybridized carbons (Fsp3) is 0.333. The summed E-state index contributed by atoms with van der Waals surface area (Å²) in [5.41, 5.74) is 2.73. The number of aromatic amines is 1. The molecule has 33 heavy (non-hydrogen) atoms. The Morgan fingerprint density at radius 1 is 1.24 bits per heavy atom. The van der Waals surface area contributed by atoms with Gasteiger partial charge in [0, 0.05) is 18.5 Å². The minimum absolute atomic E-state index is 0.135. The number of anilines is 1. The highest BCUT2D eigenvalue weighted by Crippen LogP contribution is 2.30. The third-order valence-electron chi connectivity index (χ3n) is 5.96. The van der Waals surface area contributed by atoms with Crippen LogP contribution in [0.25, 0.3) is 22.4 Å². The Morgan fingerprint density at radius 2 is 2.12 bits per heavy atom. The number of fused-ring (bicyclic) bond motifs is 1. The molecule has 1 saturated heterocycles. The number of aromatic nitrogens is 4. The van der Waals surface area contributed by atoms with Crippen molar-refractivity contribution in [3.63, 3.8) is 0 Å². The third-order valence-corrected chi connectivity index (χ3v) is 5.96. The first kappa shape index (κ1) is 21.1. The fourth-order valence-corrected chi connectivity index (χ4v) is 4.27. The molecule has 1 unspecified atom stereocenters. The van der Waals surface area contributed by atoms with Gasteiger partial charge in [-0.3, -0.25) is 4.79 Å². The molecule has 8 nitrogen and oxygen atoms in total. The van der Waals surface area contributed by atoms with Crippen LogP contribution < -0.4 is 10.2 Å². The Bertz CT molecular complexity index is 1250. The normalized spacial score (nSPS) is 16.3. The molecule has 2 aromatic carbocycles. The topological polar surface area (TPSA) is 99.9 Å². The maximum atomic E-state index is 15.1. The van der Waals surface area contributed by atoms with Crippen LogP contribution in [0.15, 0.2) is 47.0 Å². The predicted octanol–water partition coefficient (Wildman–Crippen LogP) is 3.99. The lowest BCUT2D eigenvalue weighted by Gasteiger charge is -2.36. The molecule has 1 aliphatic heterocycles. The number of halogens is 1. The Morgan fingerprint density at radius 3 is 2.91 bits per heavy atom. The van der Waals surface area contributed by atoms with Gasteiger partial charge in [0.15, 0.2) is 0 Å². The van der Waals surface area contributed by atoms with Gasteiger partial charge in [-0.25, -0.2) is 9.37 Å². The van der Waals surface area contributed by atoms with E-state index in [1.54, 1.807) is 12.1 Å². The average Bonchev–Trinajstić information content (AvgIpc) is 3.49. The van der Waals surface area contributed by atoms with Crippen molar-refractivity contribution in [1.29, 1.82) is 0 Å². The van der Waals surface area contributed by atoms with E-state index in [1.807, 2.05) is 36.1 Å². The summed E-state index contributed by atoms with van der Waals surface area (Å²) in [5, 5.41) is 6.88. The van der Waals surface area contributed by atoms with Crippen LogP contribution in [-0.4, -0.2) is 38.6 Å². The molecule has 0 spiro atoms. The highest BCUT2D eigenvalue weighted by atomic mass is 19.1. The molecule has 0 saturated carbocycles. The molecule has 2 N–H and O–H groups in total. The number of imidazole rings is 1. The number of amides is 1. The van der Waals surface area contributed by atoms with E-state index in [9.17, 15) is 4.79 Å². The number of piperidine rings is 1. The summed E-state index contributed by atoms with van der Waals surface area (Å²) in [6.45, 7) is 2.81. The lowest BCUT2D eigenvalue weighted by molar-refractivity contribution is -0.123. The lowest BCUT2D eigenvalue weighted by Crippen LogP contribution is -2.49. The predicted molar refractivity (Wildman–Crippen MR) is 122 cm³/mol. The molecule has 0 aliphatic carbocycles. The van der Waals surface area contributed by atoms with Gasteiger partial charge in [0.25, 0.3) is 0 Å². The van der Waals surface area contributed by atoms with Crippen molar-refractivity contribution in [2.45, 2.75) is 45.2 Å². The minimum atomic E-state index is -0.444. The van der Waals surface area contributed by atoms with Gasteiger partial charge in [0.05, 0.1) is 23.3 Å². The van der Waals surface area contributed by atoms with Crippen molar-refractivity contribution in [1.82, 2.24) is 25.4 Å². The number of nitrogens with zero attached hydrogens (tertiary/aromatic N) is 4. The molecule has 3 heterocycles. The summed E-state index contributed by atoms with van der Waals surface area (Å²) < 4.78 is 20.3. The zero-order valence-electron chi connectivity index (χ0n) is 18.3. The van der Waals surface area contributed by atoms with E-state index in [1.165, 1.54) is 6.07 Å². The SMILES string of the molecule is CCc1nc(-c2ccc(N3CCCCC3C(=O)NCc3nc4ccccc4[nH]3)c(F)c2)no1. The zero-order chi connectivity index (χ0) is 22.8. The largest absolute Gasteiger partial charge is 0.357 e. The average molecular weight is 449 g/mol. The molecule has 1 amide bonds. The molecular formula is C24H25FN6O2. The first-order valence-electron chi connectivity index (χ1n) is 11.2. The molecule has 2 aromatic heterocycles. The van der Waals surface area contributed by atoms with Gasteiger partial charge in [-0.15, -0.1) is 0 Å². The van der Waals surface area contributed by atoms with E-state index in [4.69, 9.17) is 4.52 Å². The van der Waals surface area contributed by atoms with Gasteiger partial charge in [-0.1, -0.05) is 24.2 Å². The molecule has 0 bridgehead atoms. The molecular weight excluding hydrogens is 423 g/mol. The Kier molecular flexibility index (Phi) is 5.77. The van der Waals surface area contributed by atoms with Crippen LogP contribution in [0.4, 0.5) is 10.1 Å². The van der Waals surface area contributed by atoms with Crippen LogP contribution >= 0.6 is 0 Å². The number of benzene rings is 2. The second-order valence-corrected chi connectivity index (χ2v) is 8.15. The van der Waals surface area contributed by atoms with E-state index in [-0.39, 0.29) is 12.5 Å². The maximum absolute atomic E-state index is 15.1. The number of para-hydroxylation sites is 2. The second-order valence-electron chi connectivity index (χ2n) is 8.15. The molecule has 5 rings (SSSR count). The van der Waals surface area contributed by atoms with Gasteiger partial charge < -0.3 is 19.7 Å². The number of hydrogen-bond donors (Lipinski definition) is 2. The highest BCUT2D eigenvalue weighted by molar-refractivity contribution is 5.85. The van der Waals surface area contributed by atoms with Crippen LogP contribution in [0, 0.1) is 5.82 Å². The van der Waals surface area contributed by atoms with Crippen molar-refractivity contribution >= 4 is 22.6 Å². The van der Waals surface area contributed by atoms with Crippen molar-refractivity contribution in [3.05, 3.63) is 60.0 Å². The number of nitrogens with one attached hydrogen (secondary N) is 2. The van der Waals surface area contributed by atoms with Gasteiger partial charge in [-0.2, -0.15) is 4.98 Å². The van der Waals surface area contributed by atoms with Crippen LogP contribution in [0.3, 0.4) is 0 Å². The quantitative estimate of drug-likeness (QED) is 0.463. The van der Waals surface area contributed by atoms with Crippen molar-refractivity contribution in [2.75, 3.05) is 11.4 Å². The zero-order valence-corrected chi connectivity index (χ0v) is 18.3. The number of carbonyl (C=O) groups is 1. The number of rotatable bonds is 6. The van der Waals surface area contributed by atoms with E-state index in [0.717, 1.165) is 23.9 Å². The summed E-state index contributed by atoms with van der Waals surface area (Å²) in [5.74, 6) is 1.01. The number of carbonyl (C=O) groups excluding carboxylic acids is 1. The highest BCUT2D eigenvalue weighted by Gasteiger charge is 2.30. The van der Waals surface area contributed by atoms with Gasteiger partial charge in [0.2, 0.25) is 17.6 Å². The van der Waals surface area contributed by atoms with Crippen molar-refractivity contribution in [3.8, 4) is 11.4 Å². The Hall–Kier alpha value is -3.75. The summed E-state index contributed by atoms with van der Waals surface area (Å²) in [6.07, 6.45) is 3.10. The standard InChI is InChI=1S/C24H25FN6O2/c1-2-22-29-23(30-33-22)15-10-11-19(16(25)13-15)31-12-6-5-9-20(31)24(32)26-14-21-27-17-7-3-4-8-18(17)28-21/h3-4,7-8,10-11,13,20H,2,5-6,9,12,14H2,1H3,(H,26,32)(H,27,28). The fourth-order valence-electron chi connectivity index (χ4n) is 4.27. The van der Waals surface area contributed by atoms with Crippen molar-refractivity contribution < 1.29 is 13.7 Å². The molecule has 1 fully saturated rings. The van der Waals surface area contributed by atoms with E-state index < -0.39 is 11.9 Å². The first-order chi connectivity index (χ1) is 16.1. The molecule has 0 radical (unpaired) electrons. The summed E-state index contributed by atoms with van der Waals surface area (Å²) >= 11 is 0. The van der Waals surface area contributed by atoms with Gasteiger partial charge in [-0.05, 0) is 49.6 Å². The summed E-state index contributed by atoms with van der Waals surface area (Å²) in [7, 11) is 0. The maximum Gasteiger partial charge on any atom is 0.243 e. The van der Waals surface area contributed by atoms with E-state index in [2.05, 4.69) is 25.4 Å². The van der Waals surface area contributed by atoms with Crippen LogP contribution in [0.2, 0.25) is 0 Å². The van der Waals surface area contributed by atoms with Crippen LogP contribution in [0.1, 0.15) is 37.9 Å². The second kappa shape index (κ2) is 9.01. The Labute approximate surface area is 190 Å². The lowest BCUT2D eigenvalue weighted by atomic mass is 9.99. The number of H-pyrrole nitrogens is 1. The molecule has 170 valence electrons. The third kappa shape index (κ3) is 4.30.